The van der Waals surface area contributed by atoms with Gasteiger partial charge in [-0.15, -0.1) is 0 Å². The Balaban J connectivity index is 1.36. The summed E-state index contributed by atoms with van der Waals surface area (Å²) in [5, 5.41) is 0. The van der Waals surface area contributed by atoms with Crippen molar-refractivity contribution in [2.75, 3.05) is 19.8 Å². The number of alkyl halides is 2. The molecule has 2 fully saturated rings. The quantitative estimate of drug-likeness (QED) is 0.793. The van der Waals surface area contributed by atoms with Crippen LogP contribution in [0.25, 0.3) is 11.1 Å². The van der Waals surface area contributed by atoms with Crippen LogP contribution in [0.4, 0.5) is 13.6 Å². The lowest BCUT2D eigenvalue weighted by Gasteiger charge is -2.22. The van der Waals surface area contributed by atoms with Gasteiger partial charge in [0.2, 0.25) is 6.43 Å². The molecule has 5 rings (SSSR count). The van der Waals surface area contributed by atoms with Gasteiger partial charge >= 0.3 is 6.09 Å². The van der Waals surface area contributed by atoms with Crippen molar-refractivity contribution in [3.63, 3.8) is 0 Å². The molecule has 1 amide bonds. The summed E-state index contributed by atoms with van der Waals surface area (Å²) in [7, 11) is 0. The van der Waals surface area contributed by atoms with Gasteiger partial charge in [0.05, 0.1) is 12.0 Å². The number of hydrogen-bond acceptors (Lipinski definition) is 4. The molecule has 0 N–H and O–H groups in total. The normalized spacial score (nSPS) is 25.3. The molecule has 0 bridgehead atoms. The summed E-state index contributed by atoms with van der Waals surface area (Å²) in [5.41, 5.74) is 4.32. The molecule has 150 valence electrons. The lowest BCUT2D eigenvalue weighted by Crippen LogP contribution is -2.42. The van der Waals surface area contributed by atoms with Gasteiger partial charge in [-0.3, -0.25) is 9.69 Å². The maximum absolute atomic E-state index is 13.3. The first-order valence-corrected chi connectivity index (χ1v) is 9.60. The third-order valence-electron chi connectivity index (χ3n) is 6.12. The minimum atomic E-state index is -2.67. The average Bonchev–Trinajstić information content (AvgIpc) is 3.38. The minimum Gasteiger partial charge on any atom is -0.448 e. The first-order valence-electron chi connectivity index (χ1n) is 9.60. The zero-order chi connectivity index (χ0) is 20.1. The number of Topliss-reactive ketones (excluding diaryl/α,β-unsaturated/α-hetero) is 1. The number of ketones is 1. The van der Waals surface area contributed by atoms with Crippen molar-refractivity contribution in [3.8, 4) is 11.1 Å². The number of ether oxygens (including phenoxy) is 2. The number of amides is 1. The van der Waals surface area contributed by atoms with Gasteiger partial charge in [0.25, 0.3) is 0 Å². The van der Waals surface area contributed by atoms with Crippen LogP contribution in [0.3, 0.4) is 0 Å². The van der Waals surface area contributed by atoms with Crippen LogP contribution in [0.5, 0.6) is 0 Å². The third-order valence-corrected chi connectivity index (χ3v) is 6.12. The molecule has 2 aliphatic heterocycles. The lowest BCUT2D eigenvalue weighted by atomic mass is 9.98. The van der Waals surface area contributed by atoms with E-state index in [4.69, 9.17) is 9.47 Å². The van der Waals surface area contributed by atoms with Gasteiger partial charge in [-0.2, -0.15) is 0 Å². The Bertz CT molecular complexity index is 933. The highest BCUT2D eigenvalue weighted by atomic mass is 19.3. The molecule has 0 saturated carbocycles. The lowest BCUT2D eigenvalue weighted by molar-refractivity contribution is -0.121. The number of nitrogens with zero attached hydrogens (tertiary/aromatic N) is 1. The van der Waals surface area contributed by atoms with E-state index in [0.29, 0.717) is 0 Å². The smallest absolute Gasteiger partial charge is 0.410 e. The number of halogens is 2. The van der Waals surface area contributed by atoms with Crippen molar-refractivity contribution in [2.45, 2.75) is 24.5 Å². The van der Waals surface area contributed by atoms with Gasteiger partial charge in [-0.1, -0.05) is 48.5 Å². The summed E-state index contributed by atoms with van der Waals surface area (Å²) in [6.07, 6.45) is -4.37. The van der Waals surface area contributed by atoms with E-state index in [2.05, 4.69) is 0 Å². The first kappa shape index (κ1) is 18.2. The molecule has 0 aromatic heterocycles. The molecular formula is C22H19F2NO4. The van der Waals surface area contributed by atoms with Crippen molar-refractivity contribution < 1.29 is 27.8 Å². The predicted molar refractivity (Wildman–Crippen MR) is 99.8 cm³/mol. The van der Waals surface area contributed by atoms with Crippen LogP contribution < -0.4 is 0 Å². The fourth-order valence-corrected chi connectivity index (χ4v) is 4.78. The largest absolute Gasteiger partial charge is 0.448 e. The van der Waals surface area contributed by atoms with Crippen LogP contribution in [0.15, 0.2) is 48.5 Å². The molecule has 0 radical (unpaired) electrons. The molecule has 7 heteroatoms. The van der Waals surface area contributed by atoms with Crippen molar-refractivity contribution >= 4 is 11.9 Å². The maximum atomic E-state index is 13.3. The van der Waals surface area contributed by atoms with Crippen molar-refractivity contribution in [3.05, 3.63) is 59.7 Å². The molecule has 2 aromatic rings. The fourth-order valence-electron chi connectivity index (χ4n) is 4.78. The van der Waals surface area contributed by atoms with Crippen LogP contribution in [0, 0.1) is 5.92 Å². The van der Waals surface area contributed by atoms with Gasteiger partial charge in [0.15, 0.2) is 5.78 Å². The fraction of sp³-hybridized carbons (Fsp3) is 0.364. The van der Waals surface area contributed by atoms with E-state index in [-0.39, 0.29) is 31.5 Å². The Kier molecular flexibility index (Phi) is 4.35. The van der Waals surface area contributed by atoms with Crippen molar-refractivity contribution in [1.82, 2.24) is 4.90 Å². The minimum absolute atomic E-state index is 0.0785. The number of fused-ring (bicyclic) bond motifs is 4. The summed E-state index contributed by atoms with van der Waals surface area (Å²) in [6.45, 7) is -0.406. The average molecular weight is 399 g/mol. The third kappa shape index (κ3) is 2.83. The SMILES string of the molecule is O=C1CO[C@@H]2[C@@H](C(F)F)CN(C(=O)OCC3c4ccccc4-c4ccccc43)[C@H]12. The van der Waals surface area contributed by atoms with E-state index in [9.17, 15) is 18.4 Å². The second-order valence-corrected chi connectivity index (χ2v) is 7.64. The highest BCUT2D eigenvalue weighted by Gasteiger charge is 2.55. The van der Waals surface area contributed by atoms with Crippen LogP contribution in [0.2, 0.25) is 0 Å². The molecule has 5 nitrogen and oxygen atoms in total. The predicted octanol–water partition coefficient (Wildman–Crippen LogP) is 3.47. The van der Waals surface area contributed by atoms with E-state index in [1.807, 2.05) is 48.5 Å². The second-order valence-electron chi connectivity index (χ2n) is 7.64. The Labute approximate surface area is 166 Å². The second kappa shape index (κ2) is 6.91. The van der Waals surface area contributed by atoms with Crippen molar-refractivity contribution in [1.29, 1.82) is 0 Å². The van der Waals surface area contributed by atoms with Gasteiger partial charge in [0.1, 0.15) is 19.3 Å². The van der Waals surface area contributed by atoms with Crippen LogP contribution >= 0.6 is 0 Å². The summed E-state index contributed by atoms with van der Waals surface area (Å²) >= 11 is 0. The summed E-state index contributed by atoms with van der Waals surface area (Å²) in [5.74, 6) is -1.66. The van der Waals surface area contributed by atoms with Crippen LogP contribution in [0.1, 0.15) is 17.0 Å². The number of carbonyl (C=O) groups is 2. The zero-order valence-corrected chi connectivity index (χ0v) is 15.5. The Morgan fingerprint density at radius 3 is 2.34 bits per heavy atom. The molecule has 0 unspecified atom stereocenters. The van der Waals surface area contributed by atoms with Gasteiger partial charge in [-0.25, -0.2) is 13.6 Å². The van der Waals surface area contributed by atoms with Gasteiger partial charge < -0.3 is 9.47 Å². The van der Waals surface area contributed by atoms with Crippen molar-refractivity contribution in [2.24, 2.45) is 5.92 Å². The summed E-state index contributed by atoms with van der Waals surface area (Å²) < 4.78 is 37.4. The topological polar surface area (TPSA) is 55.8 Å². The Morgan fingerprint density at radius 1 is 1.10 bits per heavy atom. The number of carbonyl (C=O) groups excluding carboxylic acids is 2. The van der Waals surface area contributed by atoms with E-state index < -0.39 is 30.6 Å². The van der Waals surface area contributed by atoms with E-state index in [0.717, 1.165) is 27.2 Å². The summed E-state index contributed by atoms with van der Waals surface area (Å²) in [6, 6.07) is 14.9. The maximum Gasteiger partial charge on any atom is 0.410 e. The highest BCUT2D eigenvalue weighted by Crippen LogP contribution is 2.44. The molecule has 0 spiro atoms. The number of rotatable bonds is 3. The summed E-state index contributed by atoms with van der Waals surface area (Å²) in [4.78, 5) is 26.0. The zero-order valence-electron chi connectivity index (χ0n) is 15.5. The monoisotopic (exact) mass is 399 g/mol. The molecule has 1 aliphatic carbocycles. The standard InChI is InChI=1S/C22H19F2NO4/c23-21(24)16-9-25(19-18(26)11-28-20(16)19)22(27)29-10-17-14-7-3-1-5-12(14)13-6-2-4-8-15(13)17/h1-8,16-17,19-21H,9-11H2/t16-,19+,20+/m0/s1. The van der Waals surface area contributed by atoms with Crippen LogP contribution in [-0.2, 0) is 14.3 Å². The van der Waals surface area contributed by atoms with Gasteiger partial charge in [0, 0.05) is 12.5 Å². The molecule has 2 aromatic carbocycles. The van der Waals surface area contributed by atoms with Gasteiger partial charge in [-0.05, 0) is 22.3 Å². The van der Waals surface area contributed by atoms with E-state index in [1.54, 1.807) is 0 Å². The molecule has 3 atom stereocenters. The highest BCUT2D eigenvalue weighted by molar-refractivity contribution is 5.91. The van der Waals surface area contributed by atoms with E-state index >= 15 is 0 Å². The Hall–Kier alpha value is -2.80. The Morgan fingerprint density at radius 2 is 1.72 bits per heavy atom. The number of benzene rings is 2. The molecule has 2 heterocycles. The molecule has 2 saturated heterocycles. The van der Waals surface area contributed by atoms with Crippen LogP contribution in [-0.4, -0.2) is 55.1 Å². The number of hydrogen-bond donors (Lipinski definition) is 0. The van der Waals surface area contributed by atoms with E-state index in [1.165, 1.54) is 0 Å². The molecular weight excluding hydrogens is 380 g/mol. The molecule has 3 aliphatic rings. The first-order chi connectivity index (χ1) is 14.1. The number of likely N-dealkylation sites (tertiary alicyclic amines) is 1. The molecule has 29 heavy (non-hydrogen) atoms.